The third-order valence-electron chi connectivity index (χ3n) is 4.19. The molecule has 0 N–H and O–H groups in total. The first-order chi connectivity index (χ1) is 7.25. The number of rotatable bonds is 1. The highest BCUT2D eigenvalue weighted by Gasteiger charge is 2.55. The summed E-state index contributed by atoms with van der Waals surface area (Å²) >= 11 is 0. The van der Waals surface area contributed by atoms with E-state index >= 15 is 0 Å². The number of esters is 1. The molecular weight excluding hydrogens is 192 g/mol. The van der Waals surface area contributed by atoms with Crippen LogP contribution in [0.2, 0.25) is 0 Å². The van der Waals surface area contributed by atoms with Gasteiger partial charge in [-0.2, -0.15) is 0 Å². The van der Waals surface area contributed by atoms with Gasteiger partial charge in [0.25, 0.3) is 0 Å². The molecule has 1 spiro atoms. The minimum Gasteiger partial charge on any atom is -0.469 e. The molecule has 1 atom stereocenters. The fraction of sp³-hybridized carbons (Fsp3) is 0.750. The summed E-state index contributed by atoms with van der Waals surface area (Å²) in [7, 11) is 1.49. The molecule has 82 valence electrons. The number of hydrogen-bond acceptors (Lipinski definition) is 3. The summed E-state index contributed by atoms with van der Waals surface area (Å²) in [4.78, 5) is 11.7. The van der Waals surface area contributed by atoms with Crippen molar-refractivity contribution in [3.8, 4) is 0 Å². The van der Waals surface area contributed by atoms with Gasteiger partial charge in [0, 0.05) is 0 Å². The summed E-state index contributed by atoms with van der Waals surface area (Å²) in [6.07, 6.45) is 4.32. The van der Waals surface area contributed by atoms with Gasteiger partial charge in [0.15, 0.2) is 0 Å². The van der Waals surface area contributed by atoms with Crippen molar-refractivity contribution in [1.82, 2.24) is 0 Å². The van der Waals surface area contributed by atoms with E-state index in [1.807, 2.05) is 0 Å². The first-order valence-corrected chi connectivity index (χ1v) is 5.60. The summed E-state index contributed by atoms with van der Waals surface area (Å²) in [6.45, 7) is 1.53. The molecule has 0 aromatic carbocycles. The lowest BCUT2D eigenvalue weighted by Gasteiger charge is -2.30. The SMILES string of the molecule is COC(=O)[C@@H]1CC2=C(COC2)CC12CC2. The Labute approximate surface area is 89.4 Å². The molecule has 1 aliphatic heterocycles. The Kier molecular flexibility index (Phi) is 1.93. The second kappa shape index (κ2) is 3.08. The highest BCUT2D eigenvalue weighted by atomic mass is 16.5. The van der Waals surface area contributed by atoms with Crippen LogP contribution in [0.3, 0.4) is 0 Å². The van der Waals surface area contributed by atoms with Gasteiger partial charge in [0.2, 0.25) is 0 Å². The van der Waals surface area contributed by atoms with Crippen LogP contribution in [0.5, 0.6) is 0 Å². The van der Waals surface area contributed by atoms with Crippen LogP contribution in [0, 0.1) is 11.3 Å². The first kappa shape index (κ1) is 9.40. The highest BCUT2D eigenvalue weighted by Crippen LogP contribution is 2.61. The van der Waals surface area contributed by atoms with Crippen molar-refractivity contribution in [2.75, 3.05) is 20.3 Å². The third kappa shape index (κ3) is 1.33. The Morgan fingerprint density at radius 2 is 2.13 bits per heavy atom. The van der Waals surface area contributed by atoms with E-state index in [1.165, 1.54) is 31.1 Å². The molecule has 3 nitrogen and oxygen atoms in total. The summed E-state index contributed by atoms with van der Waals surface area (Å²) < 4.78 is 10.4. The van der Waals surface area contributed by atoms with E-state index in [0.717, 1.165) is 26.1 Å². The zero-order chi connectivity index (χ0) is 10.5. The van der Waals surface area contributed by atoms with Crippen LogP contribution >= 0.6 is 0 Å². The van der Waals surface area contributed by atoms with Crippen molar-refractivity contribution < 1.29 is 14.3 Å². The fourth-order valence-corrected chi connectivity index (χ4v) is 3.05. The average molecular weight is 208 g/mol. The smallest absolute Gasteiger partial charge is 0.309 e. The topological polar surface area (TPSA) is 35.5 Å². The molecule has 0 saturated heterocycles. The van der Waals surface area contributed by atoms with E-state index < -0.39 is 0 Å². The van der Waals surface area contributed by atoms with Gasteiger partial charge in [-0.05, 0) is 42.2 Å². The molecule has 0 radical (unpaired) electrons. The van der Waals surface area contributed by atoms with Crippen LogP contribution in [0.1, 0.15) is 25.7 Å². The van der Waals surface area contributed by atoms with Gasteiger partial charge in [-0.15, -0.1) is 0 Å². The monoisotopic (exact) mass is 208 g/mol. The van der Waals surface area contributed by atoms with E-state index in [1.54, 1.807) is 0 Å². The summed E-state index contributed by atoms with van der Waals surface area (Å²) in [6, 6.07) is 0. The molecule has 15 heavy (non-hydrogen) atoms. The van der Waals surface area contributed by atoms with Crippen LogP contribution in [0.4, 0.5) is 0 Å². The van der Waals surface area contributed by atoms with Gasteiger partial charge in [-0.3, -0.25) is 4.79 Å². The van der Waals surface area contributed by atoms with E-state index in [2.05, 4.69) is 0 Å². The van der Waals surface area contributed by atoms with Crippen molar-refractivity contribution in [2.45, 2.75) is 25.7 Å². The molecule has 1 heterocycles. The number of ether oxygens (including phenoxy) is 2. The first-order valence-electron chi connectivity index (χ1n) is 5.60. The lowest BCUT2D eigenvalue weighted by Crippen LogP contribution is -2.30. The van der Waals surface area contributed by atoms with Gasteiger partial charge < -0.3 is 9.47 Å². The molecule has 1 fully saturated rings. The highest BCUT2D eigenvalue weighted by molar-refractivity contribution is 5.75. The van der Waals surface area contributed by atoms with Gasteiger partial charge in [-0.1, -0.05) is 0 Å². The molecule has 3 heteroatoms. The molecule has 0 unspecified atom stereocenters. The molecule has 0 amide bonds. The largest absolute Gasteiger partial charge is 0.469 e. The number of carbonyl (C=O) groups is 1. The van der Waals surface area contributed by atoms with Crippen LogP contribution in [-0.2, 0) is 14.3 Å². The Bertz CT molecular complexity index is 339. The predicted octanol–water partition coefficient (Wildman–Crippen LogP) is 1.68. The van der Waals surface area contributed by atoms with Crippen LogP contribution in [0.25, 0.3) is 0 Å². The quantitative estimate of drug-likeness (QED) is 0.486. The maximum absolute atomic E-state index is 11.7. The van der Waals surface area contributed by atoms with Gasteiger partial charge in [-0.25, -0.2) is 0 Å². The maximum atomic E-state index is 11.7. The lowest BCUT2D eigenvalue weighted by atomic mass is 9.74. The van der Waals surface area contributed by atoms with Gasteiger partial charge in [0.1, 0.15) is 0 Å². The molecule has 0 aromatic rings. The van der Waals surface area contributed by atoms with Crippen molar-refractivity contribution in [3.05, 3.63) is 11.1 Å². The Morgan fingerprint density at radius 3 is 2.80 bits per heavy atom. The van der Waals surface area contributed by atoms with E-state index in [4.69, 9.17) is 9.47 Å². The third-order valence-corrected chi connectivity index (χ3v) is 4.19. The normalized spacial score (nSPS) is 31.7. The zero-order valence-corrected chi connectivity index (χ0v) is 9.04. The molecule has 3 aliphatic rings. The molecule has 0 aromatic heterocycles. The van der Waals surface area contributed by atoms with Crippen molar-refractivity contribution >= 4 is 5.97 Å². The van der Waals surface area contributed by atoms with Crippen LogP contribution in [0.15, 0.2) is 11.1 Å². The minimum atomic E-state index is -0.0223. The van der Waals surface area contributed by atoms with Gasteiger partial charge >= 0.3 is 5.97 Å². The summed E-state index contributed by atoms with van der Waals surface area (Å²) in [5.74, 6) is 0.0777. The average Bonchev–Trinajstić information content (AvgIpc) is 2.86. The van der Waals surface area contributed by atoms with Gasteiger partial charge in [0.05, 0.1) is 26.2 Å². The predicted molar refractivity (Wildman–Crippen MR) is 54.3 cm³/mol. The summed E-state index contributed by atoms with van der Waals surface area (Å²) in [5, 5.41) is 0. The number of methoxy groups -OCH3 is 1. The van der Waals surface area contributed by atoms with Crippen molar-refractivity contribution in [3.63, 3.8) is 0 Å². The second-order valence-electron chi connectivity index (χ2n) is 5.02. The van der Waals surface area contributed by atoms with E-state index in [-0.39, 0.29) is 17.3 Å². The fourth-order valence-electron chi connectivity index (χ4n) is 3.05. The Balaban J connectivity index is 1.88. The van der Waals surface area contributed by atoms with Crippen LogP contribution < -0.4 is 0 Å². The molecule has 0 bridgehead atoms. The van der Waals surface area contributed by atoms with E-state index in [0.29, 0.717) is 0 Å². The van der Waals surface area contributed by atoms with Crippen molar-refractivity contribution in [2.24, 2.45) is 11.3 Å². The second-order valence-corrected chi connectivity index (χ2v) is 5.02. The lowest BCUT2D eigenvalue weighted by molar-refractivity contribution is -0.148. The van der Waals surface area contributed by atoms with E-state index in [9.17, 15) is 4.79 Å². The molecule has 1 saturated carbocycles. The minimum absolute atomic E-state index is 0.0223. The standard InChI is InChI=1S/C12H16O3/c1-14-11(13)10-4-8-6-15-7-9(8)5-12(10)2-3-12/h10H,2-7H2,1H3/t10-/m0/s1. The zero-order valence-electron chi connectivity index (χ0n) is 9.04. The maximum Gasteiger partial charge on any atom is 0.309 e. The molecule has 3 rings (SSSR count). The summed E-state index contributed by atoms with van der Waals surface area (Å²) in [5.41, 5.74) is 3.08. The Hall–Kier alpha value is -0.830. The number of hydrogen-bond donors (Lipinski definition) is 0. The molecule has 2 aliphatic carbocycles. The van der Waals surface area contributed by atoms with Crippen LogP contribution in [-0.4, -0.2) is 26.3 Å². The number of carbonyl (C=O) groups excluding carboxylic acids is 1. The Morgan fingerprint density at radius 1 is 1.40 bits per heavy atom. The van der Waals surface area contributed by atoms with Crippen molar-refractivity contribution in [1.29, 1.82) is 0 Å². The molecular formula is C12H16O3.